The average molecular weight is 195 g/mol. The highest BCUT2D eigenvalue weighted by Crippen LogP contribution is 2.27. The van der Waals surface area contributed by atoms with Gasteiger partial charge in [0.15, 0.2) is 0 Å². The van der Waals surface area contributed by atoms with Crippen molar-refractivity contribution in [2.24, 2.45) is 5.92 Å². The van der Waals surface area contributed by atoms with Crippen molar-refractivity contribution >= 4 is 0 Å². The van der Waals surface area contributed by atoms with Crippen molar-refractivity contribution in [2.45, 2.75) is 57.9 Å². The maximum atomic E-state index is 3.74. The summed E-state index contributed by atoms with van der Waals surface area (Å²) in [5, 5.41) is 3.61. The highest BCUT2D eigenvalue weighted by Gasteiger charge is 2.19. The summed E-state index contributed by atoms with van der Waals surface area (Å²) in [5.41, 5.74) is 0. The van der Waals surface area contributed by atoms with Crippen LogP contribution in [0.3, 0.4) is 0 Å². The lowest BCUT2D eigenvalue weighted by molar-refractivity contribution is 0.280. The Bertz CT molecular complexity index is 145. The zero-order valence-corrected chi connectivity index (χ0v) is 9.60. The molecule has 1 nitrogen and oxygen atoms in total. The van der Waals surface area contributed by atoms with Crippen LogP contribution in [0.2, 0.25) is 0 Å². The van der Waals surface area contributed by atoms with Crippen LogP contribution in [0.4, 0.5) is 0 Å². The summed E-state index contributed by atoms with van der Waals surface area (Å²) in [6.45, 7) is 7.16. The van der Waals surface area contributed by atoms with Gasteiger partial charge in [-0.15, -0.1) is 6.58 Å². The highest BCUT2D eigenvalue weighted by atomic mass is 14.9. The number of hydrogen-bond acceptors (Lipinski definition) is 1. The minimum atomic E-state index is 0.794. The second-order valence-corrected chi connectivity index (χ2v) is 4.54. The predicted octanol–water partition coefficient (Wildman–Crippen LogP) is 3.51. The van der Waals surface area contributed by atoms with Crippen molar-refractivity contribution in [3.05, 3.63) is 12.7 Å². The van der Waals surface area contributed by atoms with E-state index in [0.29, 0.717) is 0 Å². The molecule has 0 unspecified atom stereocenters. The van der Waals surface area contributed by atoms with E-state index in [1.807, 2.05) is 6.08 Å². The molecule has 0 saturated heterocycles. The molecule has 0 bridgehead atoms. The van der Waals surface area contributed by atoms with Gasteiger partial charge < -0.3 is 5.32 Å². The third-order valence-corrected chi connectivity index (χ3v) is 3.33. The zero-order chi connectivity index (χ0) is 10.2. The summed E-state index contributed by atoms with van der Waals surface area (Å²) in [6.07, 6.45) is 11.6. The first-order valence-electron chi connectivity index (χ1n) is 6.21. The molecule has 0 spiro atoms. The molecule has 0 aromatic carbocycles. The number of rotatable bonds is 6. The Labute approximate surface area is 89.0 Å². The molecule has 1 N–H and O–H groups in total. The topological polar surface area (TPSA) is 12.0 Å². The number of hydrogen-bond donors (Lipinski definition) is 1. The average Bonchev–Trinajstić information content (AvgIpc) is 2.21. The van der Waals surface area contributed by atoms with Crippen molar-refractivity contribution < 1.29 is 0 Å². The first-order chi connectivity index (χ1) is 6.86. The molecule has 14 heavy (non-hydrogen) atoms. The molecule has 0 amide bonds. The molecule has 1 fully saturated rings. The molecule has 1 aliphatic rings. The van der Waals surface area contributed by atoms with Gasteiger partial charge in [-0.2, -0.15) is 0 Å². The van der Waals surface area contributed by atoms with Crippen molar-refractivity contribution in [1.29, 1.82) is 0 Å². The minimum Gasteiger partial charge on any atom is -0.314 e. The lowest BCUT2D eigenvalue weighted by atomic mass is 9.83. The van der Waals surface area contributed by atoms with Crippen molar-refractivity contribution in [3.63, 3.8) is 0 Å². The Morgan fingerprint density at radius 1 is 1.29 bits per heavy atom. The Hall–Kier alpha value is -0.300. The molecule has 0 aromatic rings. The second kappa shape index (κ2) is 7.05. The van der Waals surface area contributed by atoms with Gasteiger partial charge in [0, 0.05) is 6.04 Å². The summed E-state index contributed by atoms with van der Waals surface area (Å²) in [6, 6.07) is 0.794. The van der Waals surface area contributed by atoms with Crippen molar-refractivity contribution in [2.75, 3.05) is 6.54 Å². The standard InChI is InChI=1S/C13H25N/c1-3-5-11-14-13-9-7-12(6-4-2)8-10-13/h3,12-14H,1,4-11H2,2H3. The smallest absolute Gasteiger partial charge is 0.00673 e. The molecule has 0 atom stereocenters. The van der Waals surface area contributed by atoms with E-state index in [9.17, 15) is 0 Å². The second-order valence-electron chi connectivity index (χ2n) is 4.54. The van der Waals surface area contributed by atoms with Crippen LogP contribution in [0.5, 0.6) is 0 Å². The summed E-state index contributed by atoms with van der Waals surface area (Å²) < 4.78 is 0. The van der Waals surface area contributed by atoms with E-state index in [1.165, 1.54) is 38.5 Å². The van der Waals surface area contributed by atoms with E-state index >= 15 is 0 Å². The summed E-state index contributed by atoms with van der Waals surface area (Å²) in [4.78, 5) is 0. The Kier molecular flexibility index (Phi) is 5.93. The Morgan fingerprint density at radius 3 is 2.57 bits per heavy atom. The quantitative estimate of drug-likeness (QED) is 0.505. The molecular formula is C13H25N. The summed E-state index contributed by atoms with van der Waals surface area (Å²) in [7, 11) is 0. The van der Waals surface area contributed by atoms with Crippen LogP contribution < -0.4 is 5.32 Å². The summed E-state index contributed by atoms with van der Waals surface area (Å²) >= 11 is 0. The lowest BCUT2D eigenvalue weighted by Crippen LogP contribution is -2.33. The van der Waals surface area contributed by atoms with Crippen LogP contribution in [-0.4, -0.2) is 12.6 Å². The van der Waals surface area contributed by atoms with Gasteiger partial charge in [0.2, 0.25) is 0 Å². The normalized spacial score (nSPS) is 27.5. The van der Waals surface area contributed by atoms with Gasteiger partial charge >= 0.3 is 0 Å². The molecule has 1 rings (SSSR count). The van der Waals surface area contributed by atoms with Gasteiger partial charge in [-0.1, -0.05) is 25.8 Å². The Balaban J connectivity index is 2.06. The lowest BCUT2D eigenvalue weighted by Gasteiger charge is -2.28. The molecule has 0 heterocycles. The SMILES string of the molecule is C=CCCNC1CCC(CCC)CC1. The molecule has 0 aromatic heterocycles. The van der Waals surface area contributed by atoms with Crippen LogP contribution in [0.15, 0.2) is 12.7 Å². The van der Waals surface area contributed by atoms with Gasteiger partial charge in [-0.25, -0.2) is 0 Å². The van der Waals surface area contributed by atoms with Crippen LogP contribution in [0.1, 0.15) is 51.9 Å². The first-order valence-corrected chi connectivity index (χ1v) is 6.21. The third-order valence-electron chi connectivity index (χ3n) is 3.33. The maximum absolute atomic E-state index is 3.74. The van der Waals surface area contributed by atoms with Gasteiger partial charge in [-0.05, 0) is 44.6 Å². The minimum absolute atomic E-state index is 0.794. The van der Waals surface area contributed by atoms with E-state index in [2.05, 4.69) is 18.8 Å². The third kappa shape index (κ3) is 4.28. The molecular weight excluding hydrogens is 170 g/mol. The van der Waals surface area contributed by atoms with E-state index in [0.717, 1.165) is 24.9 Å². The van der Waals surface area contributed by atoms with E-state index in [1.54, 1.807) is 0 Å². The highest BCUT2D eigenvalue weighted by molar-refractivity contribution is 4.78. The molecule has 1 saturated carbocycles. The number of nitrogens with one attached hydrogen (secondary N) is 1. The summed E-state index contributed by atoms with van der Waals surface area (Å²) in [5.74, 6) is 1.03. The molecule has 82 valence electrons. The molecule has 1 aliphatic carbocycles. The van der Waals surface area contributed by atoms with Gasteiger partial charge in [0.1, 0.15) is 0 Å². The molecule has 0 aliphatic heterocycles. The van der Waals surface area contributed by atoms with E-state index in [-0.39, 0.29) is 0 Å². The van der Waals surface area contributed by atoms with Gasteiger partial charge in [-0.3, -0.25) is 0 Å². The van der Waals surface area contributed by atoms with Crippen LogP contribution in [-0.2, 0) is 0 Å². The van der Waals surface area contributed by atoms with Gasteiger partial charge in [0.25, 0.3) is 0 Å². The molecule has 1 heteroatoms. The largest absolute Gasteiger partial charge is 0.314 e. The van der Waals surface area contributed by atoms with Crippen LogP contribution >= 0.6 is 0 Å². The van der Waals surface area contributed by atoms with Gasteiger partial charge in [0.05, 0.1) is 0 Å². The Morgan fingerprint density at radius 2 is 2.00 bits per heavy atom. The van der Waals surface area contributed by atoms with E-state index < -0.39 is 0 Å². The fourth-order valence-corrected chi connectivity index (χ4v) is 2.45. The molecule has 0 radical (unpaired) electrons. The van der Waals surface area contributed by atoms with E-state index in [4.69, 9.17) is 0 Å². The predicted molar refractivity (Wildman–Crippen MR) is 63.5 cm³/mol. The maximum Gasteiger partial charge on any atom is 0.00673 e. The first kappa shape index (κ1) is 11.8. The van der Waals surface area contributed by atoms with Crippen LogP contribution in [0, 0.1) is 5.92 Å². The van der Waals surface area contributed by atoms with Crippen molar-refractivity contribution in [1.82, 2.24) is 5.32 Å². The van der Waals surface area contributed by atoms with Crippen LogP contribution in [0.25, 0.3) is 0 Å². The fraction of sp³-hybridized carbons (Fsp3) is 0.846. The zero-order valence-electron chi connectivity index (χ0n) is 9.60. The monoisotopic (exact) mass is 195 g/mol. The fourth-order valence-electron chi connectivity index (χ4n) is 2.45. The van der Waals surface area contributed by atoms with Crippen molar-refractivity contribution in [3.8, 4) is 0 Å².